The number of nitrogens with zero attached hydrogens (tertiary/aromatic N) is 2. The van der Waals surface area contributed by atoms with E-state index in [2.05, 4.69) is 46.0 Å². The maximum atomic E-state index is 12.4. The van der Waals surface area contributed by atoms with E-state index in [1.807, 2.05) is 0 Å². The van der Waals surface area contributed by atoms with Crippen molar-refractivity contribution in [2.24, 2.45) is 5.92 Å². The number of carbonyl (C=O) groups excluding carboxylic acids is 1. The number of anilines is 1. The standard InChI is InChI=1S/C25H30N4O3/c1-16(14-30)28-24(31)22-10-18(12-27-23(22)26)17-2-4-19(5-3-17)25-11-20(25)13-29(15-25)21-6-8-32-9-7-21/h2-5,10,12,20-21,30H,1,6-9,11,13-15H2,(H2,26,27)(H,28,31)/t20-,25+/m1/s1. The number of aliphatic hydroxyl groups is 1. The first-order valence-electron chi connectivity index (χ1n) is 11.3. The Balaban J connectivity index is 1.32. The van der Waals surface area contributed by atoms with E-state index in [-0.39, 0.29) is 23.7 Å². The van der Waals surface area contributed by atoms with Crippen LogP contribution in [0.25, 0.3) is 11.1 Å². The SMILES string of the molecule is C=C(CO)NC(=O)c1cc(-c2ccc([C@@]34C[C@@H]3CN(C3CCOCC3)C4)cc2)cnc1N. The molecule has 1 aromatic carbocycles. The largest absolute Gasteiger partial charge is 0.390 e. The summed E-state index contributed by atoms with van der Waals surface area (Å²) in [7, 11) is 0. The van der Waals surface area contributed by atoms with Crippen molar-refractivity contribution in [2.75, 3.05) is 38.6 Å². The molecule has 7 heteroatoms. The lowest BCUT2D eigenvalue weighted by atomic mass is 9.92. The number of nitrogens with one attached hydrogen (secondary N) is 1. The van der Waals surface area contributed by atoms with Gasteiger partial charge in [-0.2, -0.15) is 0 Å². The Morgan fingerprint density at radius 2 is 2.03 bits per heavy atom. The first-order valence-corrected chi connectivity index (χ1v) is 11.3. The van der Waals surface area contributed by atoms with Crippen LogP contribution in [-0.4, -0.2) is 59.8 Å². The van der Waals surface area contributed by atoms with Crippen LogP contribution in [0.5, 0.6) is 0 Å². The number of aromatic nitrogens is 1. The number of aliphatic hydroxyl groups excluding tert-OH is 1. The second-order valence-corrected chi connectivity index (χ2v) is 9.28. The van der Waals surface area contributed by atoms with Crippen molar-refractivity contribution >= 4 is 11.7 Å². The van der Waals surface area contributed by atoms with Gasteiger partial charge in [-0.25, -0.2) is 4.98 Å². The molecule has 1 saturated carbocycles. The third kappa shape index (κ3) is 3.81. The normalized spacial score (nSPS) is 25.3. The molecule has 1 aliphatic carbocycles. The highest BCUT2D eigenvalue weighted by molar-refractivity contribution is 6.00. The van der Waals surface area contributed by atoms with Crippen molar-refractivity contribution in [3.8, 4) is 11.1 Å². The first kappa shape index (κ1) is 21.1. The zero-order valence-electron chi connectivity index (χ0n) is 18.2. The molecule has 3 heterocycles. The average Bonchev–Trinajstić information content (AvgIpc) is 3.40. The molecule has 2 atom stereocenters. The number of rotatable bonds is 6. The van der Waals surface area contributed by atoms with Crippen LogP contribution in [0, 0.1) is 5.92 Å². The van der Waals surface area contributed by atoms with Crippen LogP contribution in [0.15, 0.2) is 48.8 Å². The molecule has 2 saturated heterocycles. The number of ether oxygens (including phenoxy) is 1. The number of likely N-dealkylation sites (tertiary alicyclic amines) is 1. The minimum atomic E-state index is -0.425. The van der Waals surface area contributed by atoms with Crippen LogP contribution in [0.2, 0.25) is 0 Å². The quantitative estimate of drug-likeness (QED) is 0.645. The van der Waals surface area contributed by atoms with Crippen LogP contribution in [0.1, 0.15) is 35.2 Å². The van der Waals surface area contributed by atoms with Gasteiger partial charge in [0.25, 0.3) is 5.91 Å². The molecule has 1 aromatic heterocycles. The van der Waals surface area contributed by atoms with E-state index in [1.54, 1.807) is 12.3 Å². The number of piperidine rings is 1. The molecule has 3 fully saturated rings. The fourth-order valence-electron chi connectivity index (χ4n) is 5.37. The van der Waals surface area contributed by atoms with Gasteiger partial charge in [-0.3, -0.25) is 9.69 Å². The number of pyridine rings is 1. The number of amides is 1. The Hall–Kier alpha value is -2.74. The van der Waals surface area contributed by atoms with E-state index in [1.165, 1.54) is 18.5 Å². The molecule has 32 heavy (non-hydrogen) atoms. The molecular formula is C25H30N4O3. The molecule has 0 bridgehead atoms. The Morgan fingerprint density at radius 3 is 2.75 bits per heavy atom. The van der Waals surface area contributed by atoms with Crippen molar-refractivity contribution in [1.29, 1.82) is 0 Å². The summed E-state index contributed by atoms with van der Waals surface area (Å²) in [4.78, 5) is 19.3. The number of benzene rings is 1. The number of carbonyl (C=O) groups is 1. The third-order valence-electron chi connectivity index (χ3n) is 7.32. The number of hydrogen-bond donors (Lipinski definition) is 3. The van der Waals surface area contributed by atoms with Gasteiger partial charge < -0.3 is 20.9 Å². The summed E-state index contributed by atoms with van der Waals surface area (Å²) in [6, 6.07) is 11.1. The fraction of sp³-hybridized carbons (Fsp3) is 0.440. The van der Waals surface area contributed by atoms with Crippen LogP contribution in [-0.2, 0) is 10.2 Å². The second kappa shape index (κ2) is 8.31. The molecule has 7 nitrogen and oxygen atoms in total. The van der Waals surface area contributed by atoms with Gasteiger partial charge in [-0.15, -0.1) is 0 Å². The fourth-order valence-corrected chi connectivity index (χ4v) is 5.37. The molecule has 0 spiro atoms. The van der Waals surface area contributed by atoms with Crippen molar-refractivity contribution in [3.05, 3.63) is 59.9 Å². The van der Waals surface area contributed by atoms with Crippen LogP contribution in [0.4, 0.5) is 5.82 Å². The van der Waals surface area contributed by atoms with Crippen molar-refractivity contribution in [1.82, 2.24) is 15.2 Å². The van der Waals surface area contributed by atoms with Gasteiger partial charge in [0.05, 0.1) is 12.2 Å². The highest BCUT2D eigenvalue weighted by Crippen LogP contribution is 2.59. The van der Waals surface area contributed by atoms with Gasteiger partial charge in [0.2, 0.25) is 0 Å². The van der Waals surface area contributed by atoms with E-state index in [9.17, 15) is 4.79 Å². The topological polar surface area (TPSA) is 101 Å². The van der Waals surface area contributed by atoms with Crippen LogP contribution < -0.4 is 11.1 Å². The molecule has 3 aliphatic rings. The number of nitrogens with two attached hydrogens (primary N) is 1. The highest BCUT2D eigenvalue weighted by Gasteiger charge is 2.61. The van der Waals surface area contributed by atoms with Crippen molar-refractivity contribution in [3.63, 3.8) is 0 Å². The van der Waals surface area contributed by atoms with Gasteiger partial charge in [0, 0.05) is 55.2 Å². The third-order valence-corrected chi connectivity index (χ3v) is 7.32. The smallest absolute Gasteiger partial charge is 0.259 e. The Kier molecular flexibility index (Phi) is 5.49. The van der Waals surface area contributed by atoms with Gasteiger partial charge in [0.15, 0.2) is 0 Å². The zero-order chi connectivity index (χ0) is 22.3. The Bertz CT molecular complexity index is 1030. The average molecular weight is 435 g/mol. The van der Waals surface area contributed by atoms with E-state index in [0.29, 0.717) is 11.5 Å². The van der Waals surface area contributed by atoms with E-state index < -0.39 is 5.91 Å². The van der Waals surface area contributed by atoms with Crippen LogP contribution in [0.3, 0.4) is 0 Å². The predicted molar refractivity (Wildman–Crippen MR) is 123 cm³/mol. The summed E-state index contributed by atoms with van der Waals surface area (Å²) < 4.78 is 5.54. The second-order valence-electron chi connectivity index (χ2n) is 9.28. The van der Waals surface area contributed by atoms with Crippen molar-refractivity contribution < 1.29 is 14.6 Å². The summed E-state index contributed by atoms with van der Waals surface area (Å²) in [6.07, 6.45) is 5.25. The maximum absolute atomic E-state index is 12.4. The summed E-state index contributed by atoms with van der Waals surface area (Å²) in [6.45, 7) is 7.38. The van der Waals surface area contributed by atoms with Gasteiger partial charge in [-0.1, -0.05) is 30.8 Å². The summed E-state index contributed by atoms with van der Waals surface area (Å²) in [5, 5.41) is 11.6. The minimum Gasteiger partial charge on any atom is -0.390 e. The maximum Gasteiger partial charge on any atom is 0.259 e. The molecule has 0 unspecified atom stereocenters. The highest BCUT2D eigenvalue weighted by atomic mass is 16.5. The van der Waals surface area contributed by atoms with E-state index in [0.717, 1.165) is 49.6 Å². The van der Waals surface area contributed by atoms with Gasteiger partial charge >= 0.3 is 0 Å². The summed E-state index contributed by atoms with van der Waals surface area (Å²) in [5.41, 5.74) is 9.91. The zero-order valence-corrected chi connectivity index (χ0v) is 18.2. The Morgan fingerprint density at radius 1 is 1.28 bits per heavy atom. The molecule has 168 valence electrons. The van der Waals surface area contributed by atoms with E-state index >= 15 is 0 Å². The first-order chi connectivity index (χ1) is 15.5. The van der Waals surface area contributed by atoms with E-state index in [4.69, 9.17) is 15.6 Å². The molecule has 0 radical (unpaired) electrons. The molecule has 2 aliphatic heterocycles. The molecule has 4 N–H and O–H groups in total. The minimum absolute atomic E-state index is 0.146. The van der Waals surface area contributed by atoms with Crippen molar-refractivity contribution in [2.45, 2.75) is 30.7 Å². The lowest BCUT2D eigenvalue weighted by molar-refractivity contribution is 0.0378. The molecule has 5 rings (SSSR count). The number of fused-ring (bicyclic) bond motifs is 1. The monoisotopic (exact) mass is 434 g/mol. The summed E-state index contributed by atoms with van der Waals surface area (Å²) >= 11 is 0. The predicted octanol–water partition coefficient (Wildman–Crippen LogP) is 2.32. The number of hydrogen-bond acceptors (Lipinski definition) is 6. The van der Waals surface area contributed by atoms with Gasteiger partial charge in [-0.05, 0) is 42.4 Å². The van der Waals surface area contributed by atoms with Gasteiger partial charge in [0.1, 0.15) is 5.82 Å². The van der Waals surface area contributed by atoms with Crippen LogP contribution >= 0.6 is 0 Å². The Labute approximate surface area is 188 Å². The number of nitrogen functional groups attached to an aromatic ring is 1. The lowest BCUT2D eigenvalue weighted by Crippen LogP contribution is -2.40. The molecular weight excluding hydrogens is 404 g/mol. The molecule has 2 aromatic rings. The lowest BCUT2D eigenvalue weighted by Gasteiger charge is -2.33. The summed E-state index contributed by atoms with van der Waals surface area (Å²) in [5.74, 6) is 0.475. The molecule has 1 amide bonds.